The summed E-state index contributed by atoms with van der Waals surface area (Å²) in [6, 6.07) is 19.1. The average Bonchev–Trinajstić information content (AvgIpc) is 2.57. The van der Waals surface area contributed by atoms with Crippen LogP contribution < -0.4 is 5.73 Å². The summed E-state index contributed by atoms with van der Waals surface area (Å²) in [7, 11) is 1.96. The maximum Gasteiger partial charge on any atom is 0.234 e. The number of hydrogen-bond donors (Lipinski definition) is 1. The highest BCUT2D eigenvalue weighted by Gasteiger charge is 2.23. The van der Waals surface area contributed by atoms with E-state index in [1.54, 1.807) is 0 Å². The maximum absolute atomic E-state index is 11.4. The van der Waals surface area contributed by atoms with Crippen molar-refractivity contribution in [3.05, 3.63) is 71.3 Å². The molecule has 0 aliphatic carbocycles. The van der Waals surface area contributed by atoms with E-state index in [1.165, 1.54) is 16.7 Å². The van der Waals surface area contributed by atoms with Gasteiger partial charge >= 0.3 is 0 Å². The lowest BCUT2D eigenvalue weighted by atomic mass is 9.98. The molecule has 3 nitrogen and oxygen atoms in total. The van der Waals surface area contributed by atoms with Gasteiger partial charge in [-0.3, -0.25) is 9.69 Å². The van der Waals surface area contributed by atoms with E-state index in [2.05, 4.69) is 60.4 Å². The molecule has 0 saturated heterocycles. The van der Waals surface area contributed by atoms with Gasteiger partial charge in [-0.2, -0.15) is 0 Å². The van der Waals surface area contributed by atoms with Crippen molar-refractivity contribution in [3.63, 3.8) is 0 Å². The first-order valence-electron chi connectivity index (χ1n) is 8.17. The Bertz CT molecular complexity index is 622. The molecule has 122 valence electrons. The molecule has 0 bridgehead atoms. The standard InChI is InChI=1S/C20H26N2O/c1-4-19(22(3)15(2)20(21)23)18-12-10-17(11-13-18)14-16-8-6-5-7-9-16/h5-13,15,19H,4,14H2,1-3H3,(H2,21,23). The zero-order valence-electron chi connectivity index (χ0n) is 14.2. The Balaban J connectivity index is 2.12. The van der Waals surface area contributed by atoms with Crippen molar-refractivity contribution in [1.29, 1.82) is 0 Å². The van der Waals surface area contributed by atoms with Crippen molar-refractivity contribution in [2.75, 3.05) is 7.05 Å². The van der Waals surface area contributed by atoms with Gasteiger partial charge in [0.25, 0.3) is 0 Å². The second-order valence-corrected chi connectivity index (χ2v) is 6.07. The maximum atomic E-state index is 11.4. The number of primary amides is 1. The number of nitrogens with two attached hydrogens (primary N) is 1. The molecular weight excluding hydrogens is 284 g/mol. The summed E-state index contributed by atoms with van der Waals surface area (Å²) < 4.78 is 0. The minimum atomic E-state index is -0.286. The molecule has 0 heterocycles. The molecule has 2 atom stereocenters. The number of carbonyl (C=O) groups excluding carboxylic acids is 1. The van der Waals surface area contributed by atoms with Gasteiger partial charge in [0, 0.05) is 6.04 Å². The Morgan fingerprint density at radius 2 is 1.61 bits per heavy atom. The van der Waals surface area contributed by atoms with Crippen molar-refractivity contribution < 1.29 is 4.79 Å². The highest BCUT2D eigenvalue weighted by atomic mass is 16.1. The fraction of sp³-hybridized carbons (Fsp3) is 0.350. The van der Waals surface area contributed by atoms with Crippen LogP contribution in [0, 0.1) is 0 Å². The molecule has 2 aromatic rings. The van der Waals surface area contributed by atoms with Crippen molar-refractivity contribution >= 4 is 5.91 Å². The highest BCUT2D eigenvalue weighted by Crippen LogP contribution is 2.25. The highest BCUT2D eigenvalue weighted by molar-refractivity contribution is 5.79. The van der Waals surface area contributed by atoms with E-state index >= 15 is 0 Å². The number of nitrogens with zero attached hydrogens (tertiary/aromatic N) is 1. The van der Waals surface area contributed by atoms with Crippen molar-refractivity contribution in [1.82, 2.24) is 4.90 Å². The number of carbonyl (C=O) groups is 1. The predicted molar refractivity (Wildman–Crippen MR) is 95.1 cm³/mol. The van der Waals surface area contributed by atoms with Crippen LogP contribution in [0.2, 0.25) is 0 Å². The monoisotopic (exact) mass is 310 g/mol. The lowest BCUT2D eigenvalue weighted by Crippen LogP contribution is -2.42. The molecule has 0 saturated carbocycles. The Morgan fingerprint density at radius 1 is 1.04 bits per heavy atom. The van der Waals surface area contributed by atoms with E-state index in [1.807, 2.05) is 20.0 Å². The van der Waals surface area contributed by atoms with Gasteiger partial charge in [-0.05, 0) is 43.5 Å². The topological polar surface area (TPSA) is 46.3 Å². The summed E-state index contributed by atoms with van der Waals surface area (Å²) in [5, 5.41) is 0. The normalized spacial score (nSPS) is 13.7. The molecule has 0 radical (unpaired) electrons. The van der Waals surface area contributed by atoms with Gasteiger partial charge in [0.2, 0.25) is 5.91 Å². The second kappa shape index (κ2) is 7.93. The van der Waals surface area contributed by atoms with Gasteiger partial charge in [-0.1, -0.05) is 61.5 Å². The molecule has 0 spiro atoms. The van der Waals surface area contributed by atoms with Gasteiger partial charge in [-0.15, -0.1) is 0 Å². The minimum Gasteiger partial charge on any atom is -0.368 e. The molecule has 2 N–H and O–H groups in total. The molecule has 0 aliphatic rings. The predicted octanol–water partition coefficient (Wildman–Crippen LogP) is 3.53. The first-order chi connectivity index (χ1) is 11.0. The second-order valence-electron chi connectivity index (χ2n) is 6.07. The van der Waals surface area contributed by atoms with Crippen LogP contribution in [-0.4, -0.2) is 23.9 Å². The average molecular weight is 310 g/mol. The molecule has 3 heteroatoms. The van der Waals surface area contributed by atoms with Crippen molar-refractivity contribution in [2.24, 2.45) is 5.73 Å². The fourth-order valence-electron chi connectivity index (χ4n) is 2.92. The number of benzene rings is 2. The molecule has 0 aromatic heterocycles. The van der Waals surface area contributed by atoms with Gasteiger partial charge in [0.1, 0.15) is 0 Å². The summed E-state index contributed by atoms with van der Waals surface area (Å²) in [6.45, 7) is 3.99. The van der Waals surface area contributed by atoms with Crippen LogP contribution in [0.3, 0.4) is 0 Å². The lowest BCUT2D eigenvalue weighted by molar-refractivity contribution is -0.123. The number of hydrogen-bond acceptors (Lipinski definition) is 2. The van der Waals surface area contributed by atoms with Gasteiger partial charge in [-0.25, -0.2) is 0 Å². The third-order valence-electron chi connectivity index (χ3n) is 4.52. The zero-order chi connectivity index (χ0) is 16.8. The molecule has 1 amide bonds. The van der Waals surface area contributed by atoms with E-state index in [0.717, 1.165) is 12.8 Å². The summed E-state index contributed by atoms with van der Waals surface area (Å²) in [4.78, 5) is 13.5. The zero-order valence-corrected chi connectivity index (χ0v) is 14.2. The van der Waals surface area contributed by atoms with Crippen LogP contribution in [-0.2, 0) is 11.2 Å². The van der Waals surface area contributed by atoms with Crippen LogP contribution >= 0.6 is 0 Å². The van der Waals surface area contributed by atoms with Crippen LogP contribution in [0.15, 0.2) is 54.6 Å². The van der Waals surface area contributed by atoms with Crippen LogP contribution in [0.1, 0.15) is 43.0 Å². The fourth-order valence-corrected chi connectivity index (χ4v) is 2.92. The molecular formula is C20H26N2O. The Hall–Kier alpha value is -2.13. The summed E-state index contributed by atoms with van der Waals surface area (Å²) in [6.07, 6.45) is 1.87. The van der Waals surface area contributed by atoms with E-state index in [4.69, 9.17) is 5.73 Å². The molecule has 23 heavy (non-hydrogen) atoms. The summed E-state index contributed by atoms with van der Waals surface area (Å²) >= 11 is 0. The lowest BCUT2D eigenvalue weighted by Gasteiger charge is -2.31. The van der Waals surface area contributed by atoms with Crippen molar-refractivity contribution in [2.45, 2.75) is 38.8 Å². The third kappa shape index (κ3) is 4.42. The quantitative estimate of drug-likeness (QED) is 0.850. The van der Waals surface area contributed by atoms with Gasteiger partial charge < -0.3 is 5.73 Å². The smallest absolute Gasteiger partial charge is 0.234 e. The molecule has 2 rings (SSSR count). The summed E-state index contributed by atoms with van der Waals surface area (Å²) in [5.74, 6) is -0.286. The molecule has 2 unspecified atom stereocenters. The Labute approximate surface area is 139 Å². The number of amides is 1. The Morgan fingerprint density at radius 3 is 2.13 bits per heavy atom. The number of likely N-dealkylation sites (N-methyl/N-ethyl adjacent to an activating group) is 1. The summed E-state index contributed by atoms with van der Waals surface area (Å²) in [5.41, 5.74) is 9.26. The molecule has 2 aromatic carbocycles. The molecule has 0 aliphatic heterocycles. The third-order valence-corrected chi connectivity index (χ3v) is 4.52. The van der Waals surface area contributed by atoms with Crippen LogP contribution in [0.5, 0.6) is 0 Å². The van der Waals surface area contributed by atoms with E-state index < -0.39 is 0 Å². The largest absolute Gasteiger partial charge is 0.368 e. The minimum absolute atomic E-state index is 0.197. The first kappa shape index (κ1) is 17.2. The van der Waals surface area contributed by atoms with E-state index in [0.29, 0.717) is 0 Å². The first-order valence-corrected chi connectivity index (χ1v) is 8.17. The van der Waals surface area contributed by atoms with E-state index in [9.17, 15) is 4.79 Å². The Kier molecular flexibility index (Phi) is 5.94. The van der Waals surface area contributed by atoms with Crippen LogP contribution in [0.4, 0.5) is 0 Å². The van der Waals surface area contributed by atoms with Gasteiger partial charge in [0.05, 0.1) is 6.04 Å². The molecule has 0 fully saturated rings. The van der Waals surface area contributed by atoms with Crippen molar-refractivity contribution in [3.8, 4) is 0 Å². The van der Waals surface area contributed by atoms with E-state index in [-0.39, 0.29) is 18.0 Å². The SMILES string of the molecule is CCC(c1ccc(Cc2ccccc2)cc1)N(C)C(C)C(N)=O. The van der Waals surface area contributed by atoms with Gasteiger partial charge in [0.15, 0.2) is 0 Å². The van der Waals surface area contributed by atoms with Crippen LogP contribution in [0.25, 0.3) is 0 Å². The number of rotatable bonds is 7.